The van der Waals surface area contributed by atoms with Crippen LogP contribution < -0.4 is 0 Å². The minimum Gasteiger partial charge on any atom is -0.393 e. The number of hydrogen-bond donors (Lipinski definition) is 3. The lowest BCUT2D eigenvalue weighted by Gasteiger charge is -2.44. The lowest BCUT2D eigenvalue weighted by Crippen LogP contribution is -2.37. The summed E-state index contributed by atoms with van der Waals surface area (Å²) in [5.74, 6) is 2.09. The Kier molecular flexibility index (Phi) is 7.30. The standard InChI is InChI=1S/C28H46O3/c1-19(9-7-15-26(3,4)30)24-13-14-25-21(10-8-16-27(24,25)5)11-12-22-17-23(29)18-28(6,31)20(22)2/h11-12,19,23-25,29-31H,2,7-10,13-18H2,1,3-6H3/b21-11+,22-12-/t19-,23-,24-,25+,27-,28-/m1/s1. The van der Waals surface area contributed by atoms with Gasteiger partial charge in [-0.05, 0) is 100 Å². The van der Waals surface area contributed by atoms with Gasteiger partial charge in [-0.25, -0.2) is 0 Å². The molecule has 3 N–H and O–H groups in total. The summed E-state index contributed by atoms with van der Waals surface area (Å²) in [6.07, 6.45) is 14.4. The van der Waals surface area contributed by atoms with Crippen LogP contribution in [-0.2, 0) is 0 Å². The summed E-state index contributed by atoms with van der Waals surface area (Å²) in [4.78, 5) is 0. The van der Waals surface area contributed by atoms with Gasteiger partial charge in [-0.2, -0.15) is 0 Å². The van der Waals surface area contributed by atoms with E-state index in [9.17, 15) is 15.3 Å². The molecule has 0 aromatic rings. The third kappa shape index (κ3) is 5.54. The van der Waals surface area contributed by atoms with E-state index in [1.165, 1.54) is 32.1 Å². The van der Waals surface area contributed by atoms with Crippen molar-refractivity contribution >= 4 is 0 Å². The molecule has 3 aliphatic carbocycles. The molecule has 0 heterocycles. The van der Waals surface area contributed by atoms with Gasteiger partial charge in [0, 0.05) is 6.42 Å². The third-order valence-electron chi connectivity index (χ3n) is 8.80. The molecule has 176 valence electrons. The summed E-state index contributed by atoms with van der Waals surface area (Å²) in [5.41, 5.74) is 2.11. The molecule has 0 amide bonds. The summed E-state index contributed by atoms with van der Waals surface area (Å²) in [7, 11) is 0. The van der Waals surface area contributed by atoms with Gasteiger partial charge in [0.25, 0.3) is 0 Å². The Bertz CT molecular complexity index is 723. The molecule has 0 radical (unpaired) electrons. The highest BCUT2D eigenvalue weighted by molar-refractivity contribution is 5.41. The smallest absolute Gasteiger partial charge is 0.0890 e. The van der Waals surface area contributed by atoms with Crippen molar-refractivity contribution in [3.05, 3.63) is 35.5 Å². The molecule has 0 bridgehead atoms. The first-order chi connectivity index (χ1) is 14.3. The molecule has 6 atom stereocenters. The van der Waals surface area contributed by atoms with E-state index >= 15 is 0 Å². The second kappa shape index (κ2) is 9.15. The van der Waals surface area contributed by atoms with Gasteiger partial charge >= 0.3 is 0 Å². The maximum atomic E-state index is 10.6. The van der Waals surface area contributed by atoms with Gasteiger partial charge in [0.05, 0.1) is 17.3 Å². The van der Waals surface area contributed by atoms with E-state index in [4.69, 9.17) is 0 Å². The maximum absolute atomic E-state index is 10.6. The van der Waals surface area contributed by atoms with Crippen LogP contribution in [0.4, 0.5) is 0 Å². The first kappa shape index (κ1) is 24.7. The van der Waals surface area contributed by atoms with Gasteiger partial charge in [0.2, 0.25) is 0 Å². The second-order valence-electron chi connectivity index (χ2n) is 12.0. The summed E-state index contributed by atoms with van der Waals surface area (Å²) in [6.45, 7) is 14.7. The number of allylic oxidation sites excluding steroid dienone is 3. The monoisotopic (exact) mass is 430 g/mol. The molecular weight excluding hydrogens is 384 g/mol. The van der Waals surface area contributed by atoms with Crippen molar-refractivity contribution in [1.82, 2.24) is 0 Å². The van der Waals surface area contributed by atoms with E-state index < -0.39 is 17.3 Å². The molecule has 3 heteroatoms. The van der Waals surface area contributed by atoms with Crippen molar-refractivity contribution in [3.63, 3.8) is 0 Å². The molecule has 31 heavy (non-hydrogen) atoms. The number of aliphatic hydroxyl groups excluding tert-OH is 1. The quantitative estimate of drug-likeness (QED) is 0.477. The van der Waals surface area contributed by atoms with Gasteiger partial charge in [-0.1, -0.05) is 51.0 Å². The average molecular weight is 431 g/mol. The van der Waals surface area contributed by atoms with Crippen LogP contribution in [0.5, 0.6) is 0 Å². The Labute approximate surface area is 190 Å². The van der Waals surface area contributed by atoms with Crippen LogP contribution in [-0.4, -0.2) is 32.6 Å². The van der Waals surface area contributed by atoms with Crippen molar-refractivity contribution in [2.24, 2.45) is 23.2 Å². The van der Waals surface area contributed by atoms with Crippen LogP contribution in [0.25, 0.3) is 0 Å². The van der Waals surface area contributed by atoms with E-state index in [0.717, 1.165) is 36.3 Å². The zero-order chi connectivity index (χ0) is 23.0. The highest BCUT2D eigenvalue weighted by atomic mass is 16.3. The van der Waals surface area contributed by atoms with Crippen LogP contribution >= 0.6 is 0 Å². The van der Waals surface area contributed by atoms with Crippen LogP contribution in [0.2, 0.25) is 0 Å². The SMILES string of the molecule is C=C1/C(=C\C=C2/CCC[C@]3(C)[C@@H]([C@H](C)CCCC(C)(C)O)CC[C@@H]23)C[C@@H](O)C[C@@]1(C)O. The number of aliphatic hydroxyl groups is 3. The number of rotatable bonds is 6. The van der Waals surface area contributed by atoms with Crippen molar-refractivity contribution in [2.75, 3.05) is 0 Å². The molecule has 0 aromatic heterocycles. The van der Waals surface area contributed by atoms with E-state index in [2.05, 4.69) is 32.6 Å². The van der Waals surface area contributed by atoms with Crippen molar-refractivity contribution < 1.29 is 15.3 Å². The number of fused-ring (bicyclic) bond motifs is 1. The Morgan fingerprint density at radius 1 is 1.23 bits per heavy atom. The summed E-state index contributed by atoms with van der Waals surface area (Å²) >= 11 is 0. The van der Waals surface area contributed by atoms with Crippen LogP contribution in [0.15, 0.2) is 35.5 Å². The first-order valence-corrected chi connectivity index (χ1v) is 12.6. The predicted molar refractivity (Wildman–Crippen MR) is 129 cm³/mol. The van der Waals surface area contributed by atoms with Crippen molar-refractivity contribution in [1.29, 1.82) is 0 Å². The fourth-order valence-corrected chi connectivity index (χ4v) is 7.03. The Hall–Kier alpha value is -0.900. The molecule has 0 aliphatic heterocycles. The Balaban J connectivity index is 1.72. The molecule has 0 saturated heterocycles. The molecule has 3 fully saturated rings. The van der Waals surface area contributed by atoms with Gasteiger partial charge in [0.15, 0.2) is 0 Å². The lowest BCUT2D eigenvalue weighted by atomic mass is 9.60. The lowest BCUT2D eigenvalue weighted by molar-refractivity contribution is 0.0204. The van der Waals surface area contributed by atoms with E-state index in [1.807, 2.05) is 13.8 Å². The third-order valence-corrected chi connectivity index (χ3v) is 8.80. The van der Waals surface area contributed by atoms with Gasteiger partial charge in [-0.15, -0.1) is 0 Å². The minimum atomic E-state index is -1.01. The average Bonchev–Trinajstić information content (AvgIpc) is 2.99. The minimum absolute atomic E-state index is 0.366. The highest BCUT2D eigenvalue weighted by Crippen LogP contribution is 2.60. The topological polar surface area (TPSA) is 60.7 Å². The Morgan fingerprint density at radius 2 is 1.94 bits per heavy atom. The Morgan fingerprint density at radius 3 is 2.61 bits per heavy atom. The normalized spacial score (nSPS) is 40.4. The van der Waals surface area contributed by atoms with E-state index in [-0.39, 0.29) is 0 Å². The zero-order valence-corrected chi connectivity index (χ0v) is 20.6. The molecular formula is C28H46O3. The highest BCUT2D eigenvalue weighted by Gasteiger charge is 2.50. The van der Waals surface area contributed by atoms with Crippen LogP contribution in [0, 0.1) is 23.2 Å². The molecule has 3 rings (SSSR count). The van der Waals surface area contributed by atoms with Crippen molar-refractivity contribution in [2.45, 2.75) is 116 Å². The van der Waals surface area contributed by atoms with Gasteiger partial charge < -0.3 is 15.3 Å². The molecule has 0 aromatic carbocycles. The zero-order valence-electron chi connectivity index (χ0n) is 20.6. The second-order valence-corrected chi connectivity index (χ2v) is 12.0. The first-order valence-electron chi connectivity index (χ1n) is 12.6. The molecule has 3 aliphatic rings. The van der Waals surface area contributed by atoms with E-state index in [0.29, 0.717) is 30.1 Å². The summed E-state index contributed by atoms with van der Waals surface area (Å²) in [5, 5.41) is 30.8. The largest absolute Gasteiger partial charge is 0.393 e. The summed E-state index contributed by atoms with van der Waals surface area (Å²) in [6, 6.07) is 0. The predicted octanol–water partition coefficient (Wildman–Crippen LogP) is 6.09. The molecule has 3 nitrogen and oxygen atoms in total. The number of hydrogen-bond acceptors (Lipinski definition) is 3. The maximum Gasteiger partial charge on any atom is 0.0890 e. The van der Waals surface area contributed by atoms with Crippen LogP contribution in [0.3, 0.4) is 0 Å². The fraction of sp³-hybridized carbons (Fsp3) is 0.786. The fourth-order valence-electron chi connectivity index (χ4n) is 7.03. The van der Waals surface area contributed by atoms with Gasteiger partial charge in [0.1, 0.15) is 0 Å². The molecule has 0 unspecified atom stereocenters. The van der Waals surface area contributed by atoms with Gasteiger partial charge in [-0.3, -0.25) is 0 Å². The summed E-state index contributed by atoms with van der Waals surface area (Å²) < 4.78 is 0. The molecule has 0 spiro atoms. The van der Waals surface area contributed by atoms with Crippen LogP contribution in [0.1, 0.15) is 98.8 Å². The van der Waals surface area contributed by atoms with E-state index in [1.54, 1.807) is 12.5 Å². The molecule has 3 saturated carbocycles. The van der Waals surface area contributed by atoms with Crippen molar-refractivity contribution in [3.8, 4) is 0 Å².